The van der Waals surface area contributed by atoms with Gasteiger partial charge in [0.15, 0.2) is 11.2 Å². The number of nitrogens with one attached hydrogen (secondary N) is 1. The standard InChI is InChI=1S/C17H18ClN5O3/c1-10(15(24)19-8-11-4-6-12(18)7-5-11)23-9-20-14-13(23)16(25)22(3)17(26)21(14)2/h4-7,9-10H,8H2,1-3H3,(H,19,24). The predicted molar refractivity (Wildman–Crippen MR) is 98.2 cm³/mol. The van der Waals surface area contributed by atoms with Gasteiger partial charge in [0.1, 0.15) is 6.04 Å². The van der Waals surface area contributed by atoms with Crippen molar-refractivity contribution in [2.75, 3.05) is 0 Å². The van der Waals surface area contributed by atoms with Gasteiger partial charge in [-0.2, -0.15) is 0 Å². The number of hydrogen-bond donors (Lipinski definition) is 1. The molecule has 0 fully saturated rings. The first-order valence-corrected chi connectivity index (χ1v) is 8.33. The van der Waals surface area contributed by atoms with Crippen molar-refractivity contribution in [1.82, 2.24) is 24.0 Å². The average molecular weight is 376 g/mol. The van der Waals surface area contributed by atoms with Crippen molar-refractivity contribution in [2.45, 2.75) is 19.5 Å². The average Bonchev–Trinajstić information content (AvgIpc) is 3.08. The van der Waals surface area contributed by atoms with E-state index in [1.165, 1.54) is 29.6 Å². The number of nitrogens with zero attached hydrogens (tertiary/aromatic N) is 4. The lowest BCUT2D eigenvalue weighted by atomic mass is 10.2. The van der Waals surface area contributed by atoms with Gasteiger partial charge in [0.2, 0.25) is 5.91 Å². The molecule has 2 heterocycles. The minimum Gasteiger partial charge on any atom is -0.350 e. The van der Waals surface area contributed by atoms with E-state index in [1.807, 2.05) is 12.1 Å². The molecular formula is C17H18ClN5O3. The molecule has 0 bridgehead atoms. The van der Waals surface area contributed by atoms with E-state index in [0.29, 0.717) is 11.6 Å². The number of halogens is 1. The molecule has 136 valence electrons. The van der Waals surface area contributed by atoms with E-state index in [2.05, 4.69) is 10.3 Å². The van der Waals surface area contributed by atoms with Crippen molar-refractivity contribution in [1.29, 1.82) is 0 Å². The van der Waals surface area contributed by atoms with Gasteiger partial charge in [-0.3, -0.25) is 18.7 Å². The number of rotatable bonds is 4. The second-order valence-electron chi connectivity index (χ2n) is 6.05. The molecule has 1 unspecified atom stereocenters. The third-order valence-electron chi connectivity index (χ3n) is 4.35. The van der Waals surface area contributed by atoms with Gasteiger partial charge in [0.25, 0.3) is 5.56 Å². The molecule has 3 aromatic rings. The Balaban J connectivity index is 1.89. The Labute approximate surface area is 153 Å². The van der Waals surface area contributed by atoms with Crippen molar-refractivity contribution < 1.29 is 4.79 Å². The molecule has 2 aromatic heterocycles. The molecule has 3 rings (SSSR count). The van der Waals surface area contributed by atoms with Crippen molar-refractivity contribution in [2.24, 2.45) is 14.1 Å². The summed E-state index contributed by atoms with van der Waals surface area (Å²) in [5.74, 6) is -0.268. The Morgan fingerprint density at radius 3 is 2.50 bits per heavy atom. The molecule has 9 heteroatoms. The van der Waals surface area contributed by atoms with Crippen LogP contribution in [0.4, 0.5) is 0 Å². The SMILES string of the molecule is CC(C(=O)NCc1ccc(Cl)cc1)n1cnc2c1c(=O)n(C)c(=O)n2C. The normalized spacial score (nSPS) is 12.3. The summed E-state index contributed by atoms with van der Waals surface area (Å²) in [4.78, 5) is 41.1. The number of aromatic nitrogens is 4. The maximum Gasteiger partial charge on any atom is 0.332 e. The second-order valence-corrected chi connectivity index (χ2v) is 6.49. The van der Waals surface area contributed by atoms with Crippen LogP contribution in [0.2, 0.25) is 5.02 Å². The van der Waals surface area contributed by atoms with E-state index in [4.69, 9.17) is 11.6 Å². The van der Waals surface area contributed by atoms with Gasteiger partial charge >= 0.3 is 5.69 Å². The van der Waals surface area contributed by atoms with Crippen LogP contribution in [-0.4, -0.2) is 24.6 Å². The van der Waals surface area contributed by atoms with Gasteiger partial charge in [0.05, 0.1) is 6.33 Å². The van der Waals surface area contributed by atoms with Crippen LogP contribution in [0.25, 0.3) is 11.2 Å². The number of carbonyl (C=O) groups is 1. The second kappa shape index (κ2) is 6.80. The molecule has 0 radical (unpaired) electrons. The maximum absolute atomic E-state index is 12.5. The highest BCUT2D eigenvalue weighted by Gasteiger charge is 2.21. The first-order chi connectivity index (χ1) is 12.3. The summed E-state index contributed by atoms with van der Waals surface area (Å²) in [6.45, 7) is 2.01. The molecule has 0 spiro atoms. The highest BCUT2D eigenvalue weighted by atomic mass is 35.5. The number of hydrogen-bond acceptors (Lipinski definition) is 4. The van der Waals surface area contributed by atoms with Crippen LogP contribution in [0, 0.1) is 0 Å². The molecule has 0 saturated carbocycles. The van der Waals surface area contributed by atoms with Gasteiger partial charge in [-0.1, -0.05) is 23.7 Å². The van der Waals surface area contributed by atoms with Crippen LogP contribution < -0.4 is 16.6 Å². The Morgan fingerprint density at radius 1 is 1.19 bits per heavy atom. The van der Waals surface area contributed by atoms with E-state index >= 15 is 0 Å². The molecular weight excluding hydrogens is 358 g/mol. The molecule has 1 N–H and O–H groups in total. The van der Waals surface area contributed by atoms with Gasteiger partial charge in [-0.25, -0.2) is 9.78 Å². The summed E-state index contributed by atoms with van der Waals surface area (Å²) in [6.07, 6.45) is 1.40. The fourth-order valence-electron chi connectivity index (χ4n) is 2.72. The van der Waals surface area contributed by atoms with Gasteiger partial charge < -0.3 is 9.88 Å². The quantitative estimate of drug-likeness (QED) is 0.735. The number of imidazole rings is 1. The topological polar surface area (TPSA) is 90.9 Å². The fraction of sp³-hybridized carbons (Fsp3) is 0.294. The van der Waals surface area contributed by atoms with Crippen LogP contribution in [-0.2, 0) is 25.4 Å². The van der Waals surface area contributed by atoms with Gasteiger partial charge in [-0.05, 0) is 24.6 Å². The molecule has 1 atom stereocenters. The first-order valence-electron chi connectivity index (χ1n) is 7.96. The van der Waals surface area contributed by atoms with Crippen LogP contribution in [0.5, 0.6) is 0 Å². The number of carbonyl (C=O) groups excluding carboxylic acids is 1. The zero-order chi connectivity index (χ0) is 19.0. The Hall–Kier alpha value is -2.87. The van der Waals surface area contributed by atoms with Crippen LogP contribution in [0.15, 0.2) is 40.2 Å². The lowest BCUT2D eigenvalue weighted by molar-refractivity contribution is -0.123. The van der Waals surface area contributed by atoms with E-state index in [0.717, 1.165) is 10.1 Å². The fourth-order valence-corrected chi connectivity index (χ4v) is 2.85. The Bertz CT molecular complexity index is 1090. The number of fused-ring (bicyclic) bond motifs is 1. The molecule has 8 nitrogen and oxygen atoms in total. The minimum absolute atomic E-state index is 0.212. The number of amides is 1. The summed E-state index contributed by atoms with van der Waals surface area (Å²) in [6, 6.07) is 6.48. The van der Waals surface area contributed by atoms with Crippen LogP contribution in [0.3, 0.4) is 0 Å². The van der Waals surface area contributed by atoms with E-state index in [-0.39, 0.29) is 17.1 Å². The van der Waals surface area contributed by atoms with Crippen LogP contribution in [0.1, 0.15) is 18.5 Å². The zero-order valence-corrected chi connectivity index (χ0v) is 15.3. The summed E-state index contributed by atoms with van der Waals surface area (Å²) < 4.78 is 3.76. The Morgan fingerprint density at radius 2 is 1.85 bits per heavy atom. The summed E-state index contributed by atoms with van der Waals surface area (Å²) in [5.41, 5.74) is 0.411. The molecule has 26 heavy (non-hydrogen) atoms. The van der Waals surface area contributed by atoms with Crippen LogP contribution >= 0.6 is 11.6 Å². The molecule has 0 aliphatic carbocycles. The largest absolute Gasteiger partial charge is 0.350 e. The molecule has 0 saturated heterocycles. The summed E-state index contributed by atoms with van der Waals surface area (Å²) in [7, 11) is 2.93. The Kier molecular flexibility index (Phi) is 4.69. The maximum atomic E-state index is 12.5. The number of benzene rings is 1. The van der Waals surface area contributed by atoms with Crippen molar-refractivity contribution in [3.8, 4) is 0 Å². The molecule has 0 aliphatic heterocycles. The molecule has 0 aliphatic rings. The lowest BCUT2D eigenvalue weighted by Crippen LogP contribution is -2.38. The molecule has 1 aromatic carbocycles. The third-order valence-corrected chi connectivity index (χ3v) is 4.60. The lowest BCUT2D eigenvalue weighted by Gasteiger charge is -2.15. The molecule has 1 amide bonds. The summed E-state index contributed by atoms with van der Waals surface area (Å²) in [5, 5.41) is 3.45. The van der Waals surface area contributed by atoms with E-state index < -0.39 is 17.3 Å². The highest BCUT2D eigenvalue weighted by molar-refractivity contribution is 6.30. The smallest absolute Gasteiger partial charge is 0.332 e. The first kappa shape index (κ1) is 17.9. The third kappa shape index (κ3) is 3.03. The van der Waals surface area contributed by atoms with Crippen molar-refractivity contribution in [3.63, 3.8) is 0 Å². The highest BCUT2D eigenvalue weighted by Crippen LogP contribution is 2.14. The van der Waals surface area contributed by atoms with E-state index in [9.17, 15) is 14.4 Å². The van der Waals surface area contributed by atoms with E-state index in [1.54, 1.807) is 19.1 Å². The van der Waals surface area contributed by atoms with Crippen molar-refractivity contribution >= 4 is 28.7 Å². The van der Waals surface area contributed by atoms with Crippen molar-refractivity contribution in [3.05, 3.63) is 62.0 Å². The zero-order valence-electron chi connectivity index (χ0n) is 14.6. The monoisotopic (exact) mass is 375 g/mol. The minimum atomic E-state index is -0.669. The van der Waals surface area contributed by atoms with Gasteiger partial charge in [-0.15, -0.1) is 0 Å². The van der Waals surface area contributed by atoms with Gasteiger partial charge in [0, 0.05) is 25.7 Å². The number of aryl methyl sites for hydroxylation is 1. The predicted octanol–water partition coefficient (Wildman–Crippen LogP) is 0.964. The summed E-state index contributed by atoms with van der Waals surface area (Å²) >= 11 is 5.85.